The minimum Gasteiger partial charge on any atom is -0.494 e. The van der Waals surface area contributed by atoms with E-state index >= 15 is 0 Å². The molecule has 2 rings (SSSR count). The van der Waals surface area contributed by atoms with Gasteiger partial charge in [0.25, 0.3) is 6.47 Å². The second kappa shape index (κ2) is 10.1. The summed E-state index contributed by atoms with van der Waals surface area (Å²) < 4.78 is 15.1. The number of hydrogen-bond donors (Lipinski definition) is 0. The lowest BCUT2D eigenvalue weighted by atomic mass is 10.0. The Morgan fingerprint density at radius 2 is 1.56 bits per heavy atom. The summed E-state index contributed by atoms with van der Waals surface area (Å²) in [6.45, 7) is 3.27. The Balaban J connectivity index is 1.92. The van der Waals surface area contributed by atoms with E-state index in [1.807, 2.05) is 36.4 Å². The van der Waals surface area contributed by atoms with E-state index in [2.05, 4.69) is 11.7 Å². The maximum atomic E-state index is 11.8. The van der Waals surface area contributed by atoms with Crippen LogP contribution in [0.2, 0.25) is 0 Å². The van der Waals surface area contributed by atoms with Crippen LogP contribution in [0, 0.1) is 0 Å². The zero-order chi connectivity index (χ0) is 17.9. The molecule has 0 heterocycles. The third-order valence-corrected chi connectivity index (χ3v) is 3.58. The average Bonchev–Trinajstić information content (AvgIpc) is 2.66. The average molecular weight is 342 g/mol. The molecule has 0 atom stereocenters. The van der Waals surface area contributed by atoms with Crippen molar-refractivity contribution in [2.75, 3.05) is 19.8 Å². The van der Waals surface area contributed by atoms with Gasteiger partial charge in [0.05, 0.1) is 12.2 Å². The van der Waals surface area contributed by atoms with Gasteiger partial charge in [-0.3, -0.25) is 4.79 Å². The van der Waals surface area contributed by atoms with Crippen LogP contribution in [0.1, 0.15) is 30.1 Å². The fraction of sp³-hybridized carbons (Fsp3) is 0.300. The molecule has 0 N–H and O–H groups in total. The van der Waals surface area contributed by atoms with Crippen molar-refractivity contribution in [1.29, 1.82) is 0 Å². The topological polar surface area (TPSA) is 61.8 Å². The molecule has 2 aromatic rings. The van der Waals surface area contributed by atoms with Crippen molar-refractivity contribution in [2.45, 2.75) is 19.8 Å². The monoisotopic (exact) mass is 342 g/mol. The van der Waals surface area contributed by atoms with Gasteiger partial charge < -0.3 is 14.2 Å². The zero-order valence-corrected chi connectivity index (χ0v) is 14.3. The molecule has 0 saturated carbocycles. The molecule has 0 fully saturated rings. The predicted molar refractivity (Wildman–Crippen MR) is 94.6 cm³/mol. The van der Waals surface area contributed by atoms with Crippen LogP contribution >= 0.6 is 0 Å². The fourth-order valence-corrected chi connectivity index (χ4v) is 2.19. The summed E-state index contributed by atoms with van der Waals surface area (Å²) in [7, 11) is 0. The third kappa shape index (κ3) is 5.95. The highest BCUT2D eigenvalue weighted by Crippen LogP contribution is 2.23. The molecule has 5 heteroatoms. The van der Waals surface area contributed by atoms with E-state index in [1.54, 1.807) is 12.1 Å². The number of ether oxygens (including phenoxy) is 3. The Hall–Kier alpha value is -2.82. The first kappa shape index (κ1) is 18.5. The molecule has 0 saturated heterocycles. The Morgan fingerprint density at radius 1 is 0.920 bits per heavy atom. The number of rotatable bonds is 10. The molecule has 2 aromatic carbocycles. The van der Waals surface area contributed by atoms with E-state index in [4.69, 9.17) is 9.47 Å². The molecule has 0 amide bonds. The normalized spacial score (nSPS) is 10.1. The Bertz CT molecular complexity index is 661. The maximum Gasteiger partial charge on any atom is 0.338 e. The van der Waals surface area contributed by atoms with Crippen molar-refractivity contribution in [3.8, 4) is 16.9 Å². The highest BCUT2D eigenvalue weighted by molar-refractivity contribution is 5.90. The maximum absolute atomic E-state index is 11.8. The van der Waals surface area contributed by atoms with Gasteiger partial charge in [0, 0.05) is 0 Å². The Morgan fingerprint density at radius 3 is 2.16 bits per heavy atom. The minimum absolute atomic E-state index is 0.0405. The number of carbonyl (C=O) groups excluding carboxylic acids is 2. The first-order chi connectivity index (χ1) is 12.2. The molecule has 0 spiro atoms. The summed E-state index contributed by atoms with van der Waals surface area (Å²) in [6, 6.07) is 15.0. The van der Waals surface area contributed by atoms with Gasteiger partial charge in [0.2, 0.25) is 0 Å². The molecule has 132 valence electrons. The number of unbranched alkanes of at least 4 members (excludes halogenated alkanes) is 1. The molecular formula is C20H22O5. The van der Waals surface area contributed by atoms with E-state index in [0.29, 0.717) is 12.0 Å². The number of esters is 1. The molecule has 0 aliphatic carbocycles. The molecule has 0 unspecified atom stereocenters. The van der Waals surface area contributed by atoms with Crippen molar-refractivity contribution >= 4 is 12.4 Å². The standard InChI is InChI=1S/C20H22O5/c1-2-3-12-24-19-10-8-17(9-11-19)16-4-6-18(7-5-16)20(22)25-14-13-23-15-21/h4-11,15H,2-3,12-14H2,1H3. The van der Waals surface area contributed by atoms with Crippen LogP contribution < -0.4 is 4.74 Å². The fourth-order valence-electron chi connectivity index (χ4n) is 2.19. The summed E-state index contributed by atoms with van der Waals surface area (Å²) in [4.78, 5) is 21.9. The Kier molecular flexibility index (Phi) is 7.50. The van der Waals surface area contributed by atoms with Gasteiger partial charge in [0.15, 0.2) is 0 Å². The van der Waals surface area contributed by atoms with Crippen LogP contribution in [-0.2, 0) is 14.3 Å². The highest BCUT2D eigenvalue weighted by atomic mass is 16.6. The summed E-state index contributed by atoms with van der Waals surface area (Å²) in [5, 5.41) is 0. The molecule has 0 aliphatic rings. The van der Waals surface area contributed by atoms with E-state index < -0.39 is 5.97 Å². The van der Waals surface area contributed by atoms with Gasteiger partial charge in [-0.25, -0.2) is 4.79 Å². The first-order valence-electron chi connectivity index (χ1n) is 8.30. The molecule has 5 nitrogen and oxygen atoms in total. The van der Waals surface area contributed by atoms with E-state index in [1.165, 1.54) is 0 Å². The van der Waals surface area contributed by atoms with Gasteiger partial charge >= 0.3 is 5.97 Å². The third-order valence-electron chi connectivity index (χ3n) is 3.58. The SMILES string of the molecule is CCCCOc1ccc(-c2ccc(C(=O)OCCOC=O)cc2)cc1. The van der Waals surface area contributed by atoms with Gasteiger partial charge in [-0.2, -0.15) is 0 Å². The van der Waals surface area contributed by atoms with Crippen molar-refractivity contribution < 1.29 is 23.8 Å². The van der Waals surface area contributed by atoms with Crippen LogP contribution in [0.25, 0.3) is 11.1 Å². The lowest BCUT2D eigenvalue weighted by Gasteiger charge is -2.08. The first-order valence-corrected chi connectivity index (χ1v) is 8.30. The number of carbonyl (C=O) groups is 2. The molecule has 0 radical (unpaired) electrons. The molecular weight excluding hydrogens is 320 g/mol. The lowest BCUT2D eigenvalue weighted by molar-refractivity contribution is -0.129. The van der Waals surface area contributed by atoms with Gasteiger partial charge in [-0.1, -0.05) is 37.6 Å². The molecule has 0 aromatic heterocycles. The predicted octanol–water partition coefficient (Wildman–Crippen LogP) is 3.86. The van der Waals surface area contributed by atoms with Crippen molar-refractivity contribution in [1.82, 2.24) is 0 Å². The van der Waals surface area contributed by atoms with Gasteiger partial charge in [0.1, 0.15) is 19.0 Å². The quantitative estimate of drug-likeness (QED) is 0.373. The van der Waals surface area contributed by atoms with E-state index in [0.717, 1.165) is 36.3 Å². The van der Waals surface area contributed by atoms with Crippen molar-refractivity contribution in [3.05, 3.63) is 54.1 Å². The van der Waals surface area contributed by atoms with Crippen LogP contribution in [0.5, 0.6) is 5.75 Å². The van der Waals surface area contributed by atoms with Crippen LogP contribution in [-0.4, -0.2) is 32.3 Å². The second-order valence-corrected chi connectivity index (χ2v) is 5.41. The molecule has 0 bridgehead atoms. The van der Waals surface area contributed by atoms with Crippen LogP contribution in [0.15, 0.2) is 48.5 Å². The highest BCUT2D eigenvalue weighted by Gasteiger charge is 2.07. The summed E-state index contributed by atoms with van der Waals surface area (Å²) in [5.74, 6) is 0.413. The lowest BCUT2D eigenvalue weighted by Crippen LogP contribution is -2.10. The molecule has 0 aliphatic heterocycles. The van der Waals surface area contributed by atoms with Crippen molar-refractivity contribution in [2.24, 2.45) is 0 Å². The van der Waals surface area contributed by atoms with Gasteiger partial charge in [-0.15, -0.1) is 0 Å². The largest absolute Gasteiger partial charge is 0.494 e. The van der Waals surface area contributed by atoms with Crippen molar-refractivity contribution in [3.63, 3.8) is 0 Å². The summed E-state index contributed by atoms with van der Waals surface area (Å²) in [5.41, 5.74) is 2.50. The summed E-state index contributed by atoms with van der Waals surface area (Å²) in [6.07, 6.45) is 2.15. The second-order valence-electron chi connectivity index (χ2n) is 5.41. The number of hydrogen-bond acceptors (Lipinski definition) is 5. The number of benzene rings is 2. The van der Waals surface area contributed by atoms with E-state index in [-0.39, 0.29) is 13.2 Å². The van der Waals surface area contributed by atoms with Gasteiger partial charge in [-0.05, 0) is 41.8 Å². The smallest absolute Gasteiger partial charge is 0.338 e. The molecule has 25 heavy (non-hydrogen) atoms. The zero-order valence-electron chi connectivity index (χ0n) is 14.3. The summed E-state index contributed by atoms with van der Waals surface area (Å²) >= 11 is 0. The Labute approximate surface area is 147 Å². The van der Waals surface area contributed by atoms with Crippen LogP contribution in [0.3, 0.4) is 0 Å². The van der Waals surface area contributed by atoms with Crippen LogP contribution in [0.4, 0.5) is 0 Å². The van der Waals surface area contributed by atoms with E-state index in [9.17, 15) is 9.59 Å². The minimum atomic E-state index is -0.444.